The molecule has 96 valence electrons. The highest BCUT2D eigenvalue weighted by atomic mass is 16.4. The summed E-state index contributed by atoms with van der Waals surface area (Å²) in [5.74, 6) is -1.50. The summed E-state index contributed by atoms with van der Waals surface area (Å²) in [6.07, 6.45) is 0.917. The van der Waals surface area contributed by atoms with Gasteiger partial charge in [-0.05, 0) is 12.0 Å². The average molecular weight is 247 g/mol. The molecule has 0 aliphatic carbocycles. The first-order valence-electron chi connectivity index (χ1n) is 6.20. The van der Waals surface area contributed by atoms with Gasteiger partial charge in [-0.15, -0.1) is 0 Å². The van der Waals surface area contributed by atoms with Gasteiger partial charge < -0.3 is 10.0 Å². The van der Waals surface area contributed by atoms with Gasteiger partial charge in [0.25, 0.3) is 0 Å². The highest BCUT2D eigenvalue weighted by molar-refractivity contribution is 5.86. The molecule has 0 spiro atoms. The van der Waals surface area contributed by atoms with Crippen LogP contribution < -0.4 is 0 Å². The lowest BCUT2D eigenvalue weighted by Gasteiger charge is -2.27. The lowest BCUT2D eigenvalue weighted by atomic mass is 10.0. The van der Waals surface area contributed by atoms with Crippen molar-refractivity contribution in [2.24, 2.45) is 5.92 Å². The summed E-state index contributed by atoms with van der Waals surface area (Å²) in [4.78, 5) is 24.6. The Morgan fingerprint density at radius 1 is 1.44 bits per heavy atom. The van der Waals surface area contributed by atoms with Gasteiger partial charge >= 0.3 is 5.97 Å². The Hall–Kier alpha value is -1.84. The molecule has 1 amide bonds. The summed E-state index contributed by atoms with van der Waals surface area (Å²) in [5.41, 5.74) is 1.07. The molecule has 1 aromatic rings. The monoisotopic (exact) mass is 247 g/mol. The van der Waals surface area contributed by atoms with Gasteiger partial charge in [0.1, 0.15) is 0 Å². The zero-order valence-electron chi connectivity index (χ0n) is 10.4. The van der Waals surface area contributed by atoms with E-state index in [0.29, 0.717) is 6.54 Å². The van der Waals surface area contributed by atoms with Crippen molar-refractivity contribution >= 4 is 11.9 Å². The molecule has 1 N–H and O–H groups in total. The van der Waals surface area contributed by atoms with Crippen LogP contribution in [-0.4, -0.2) is 28.4 Å². The van der Waals surface area contributed by atoms with E-state index < -0.39 is 11.9 Å². The van der Waals surface area contributed by atoms with E-state index in [4.69, 9.17) is 5.11 Å². The first-order chi connectivity index (χ1) is 8.63. The third-order valence-electron chi connectivity index (χ3n) is 3.45. The van der Waals surface area contributed by atoms with Crippen molar-refractivity contribution in [3.63, 3.8) is 0 Å². The summed E-state index contributed by atoms with van der Waals surface area (Å²) in [7, 11) is 0. The summed E-state index contributed by atoms with van der Waals surface area (Å²) in [6, 6.07) is 9.76. The van der Waals surface area contributed by atoms with Crippen LogP contribution in [0.15, 0.2) is 30.3 Å². The van der Waals surface area contributed by atoms with E-state index in [1.807, 2.05) is 37.3 Å². The molecule has 2 rings (SSSR count). The Balaban J connectivity index is 2.19. The first-order valence-corrected chi connectivity index (χ1v) is 6.20. The molecule has 0 radical (unpaired) electrons. The highest BCUT2D eigenvalue weighted by Crippen LogP contribution is 2.30. The minimum Gasteiger partial charge on any atom is -0.481 e. The number of carbonyl (C=O) groups excluding carboxylic acids is 1. The maximum absolute atomic E-state index is 11.9. The molecule has 1 aliphatic heterocycles. The lowest BCUT2D eigenvalue weighted by Crippen LogP contribution is -2.30. The second-order valence-corrected chi connectivity index (χ2v) is 4.62. The number of aliphatic carboxylic acids is 1. The van der Waals surface area contributed by atoms with Crippen LogP contribution in [0.4, 0.5) is 0 Å². The normalized spacial score (nSPS) is 21.1. The number of carboxylic acids is 1. The molecule has 0 saturated carbocycles. The van der Waals surface area contributed by atoms with Gasteiger partial charge in [-0.2, -0.15) is 0 Å². The third-order valence-corrected chi connectivity index (χ3v) is 3.45. The molecule has 1 saturated heterocycles. The van der Waals surface area contributed by atoms with Crippen LogP contribution in [-0.2, 0) is 9.59 Å². The first kappa shape index (κ1) is 12.6. The van der Waals surface area contributed by atoms with Crippen molar-refractivity contribution in [1.29, 1.82) is 0 Å². The standard InChI is InChI=1S/C14H17NO3/c1-2-12(10-6-4-3-5-7-10)15-9-11(14(17)18)8-13(15)16/h3-7,11-12H,2,8-9H2,1H3,(H,17,18)/t11?,12-/m0/s1. The van der Waals surface area contributed by atoms with Gasteiger partial charge in [0, 0.05) is 13.0 Å². The Labute approximate surface area is 106 Å². The summed E-state index contributed by atoms with van der Waals surface area (Å²) >= 11 is 0. The number of rotatable bonds is 4. The largest absolute Gasteiger partial charge is 0.481 e. The van der Waals surface area contributed by atoms with E-state index >= 15 is 0 Å². The van der Waals surface area contributed by atoms with Gasteiger partial charge in [0.15, 0.2) is 0 Å². The Kier molecular flexibility index (Phi) is 3.65. The molecule has 0 bridgehead atoms. The van der Waals surface area contributed by atoms with Crippen molar-refractivity contribution in [3.05, 3.63) is 35.9 Å². The quantitative estimate of drug-likeness (QED) is 0.886. The van der Waals surface area contributed by atoms with Crippen molar-refractivity contribution < 1.29 is 14.7 Å². The van der Waals surface area contributed by atoms with Crippen LogP contribution in [0.2, 0.25) is 0 Å². The Bertz CT molecular complexity index is 444. The number of benzene rings is 1. The Morgan fingerprint density at radius 3 is 2.61 bits per heavy atom. The van der Waals surface area contributed by atoms with Crippen molar-refractivity contribution in [1.82, 2.24) is 4.90 Å². The molecule has 1 fully saturated rings. The van der Waals surface area contributed by atoms with Gasteiger partial charge in [-0.3, -0.25) is 9.59 Å². The van der Waals surface area contributed by atoms with Gasteiger partial charge in [-0.1, -0.05) is 37.3 Å². The van der Waals surface area contributed by atoms with E-state index in [2.05, 4.69) is 0 Å². The van der Waals surface area contributed by atoms with E-state index in [1.165, 1.54) is 0 Å². The zero-order chi connectivity index (χ0) is 13.1. The molecule has 18 heavy (non-hydrogen) atoms. The minimum absolute atomic E-state index is 0.0111. The highest BCUT2D eigenvalue weighted by Gasteiger charge is 2.37. The van der Waals surface area contributed by atoms with E-state index in [-0.39, 0.29) is 18.4 Å². The SMILES string of the molecule is CC[C@@H](c1ccccc1)N1CC(C(=O)O)CC1=O. The number of nitrogens with zero attached hydrogens (tertiary/aromatic N) is 1. The average Bonchev–Trinajstić information content (AvgIpc) is 2.74. The topological polar surface area (TPSA) is 57.6 Å². The van der Waals surface area contributed by atoms with Gasteiger partial charge in [-0.25, -0.2) is 0 Å². The molecule has 0 aromatic heterocycles. The van der Waals surface area contributed by atoms with Crippen molar-refractivity contribution in [3.8, 4) is 0 Å². The molecule has 1 heterocycles. The molecular formula is C14H17NO3. The van der Waals surface area contributed by atoms with Crippen LogP contribution in [0, 0.1) is 5.92 Å². The molecular weight excluding hydrogens is 230 g/mol. The van der Waals surface area contributed by atoms with E-state index in [9.17, 15) is 9.59 Å². The number of amides is 1. The van der Waals surface area contributed by atoms with Crippen molar-refractivity contribution in [2.75, 3.05) is 6.54 Å². The van der Waals surface area contributed by atoms with E-state index in [0.717, 1.165) is 12.0 Å². The third kappa shape index (κ3) is 2.37. The minimum atomic E-state index is -0.881. The van der Waals surface area contributed by atoms with E-state index in [1.54, 1.807) is 4.90 Å². The predicted octanol–water partition coefficient (Wildman–Crippen LogP) is 2.07. The molecule has 2 atom stereocenters. The van der Waals surface area contributed by atoms with Gasteiger partial charge in [0.2, 0.25) is 5.91 Å². The van der Waals surface area contributed by atoms with Crippen LogP contribution >= 0.6 is 0 Å². The molecule has 4 heteroatoms. The number of carboxylic acid groups (broad SMARTS) is 1. The van der Waals surface area contributed by atoms with Crippen LogP contribution in [0.1, 0.15) is 31.4 Å². The fraction of sp³-hybridized carbons (Fsp3) is 0.429. The second-order valence-electron chi connectivity index (χ2n) is 4.62. The smallest absolute Gasteiger partial charge is 0.308 e. The number of hydrogen-bond donors (Lipinski definition) is 1. The fourth-order valence-electron chi connectivity index (χ4n) is 2.51. The van der Waals surface area contributed by atoms with Crippen LogP contribution in [0.5, 0.6) is 0 Å². The Morgan fingerprint density at radius 2 is 2.11 bits per heavy atom. The summed E-state index contributed by atoms with van der Waals surface area (Å²) in [5, 5.41) is 8.99. The second kappa shape index (κ2) is 5.21. The molecule has 4 nitrogen and oxygen atoms in total. The number of hydrogen-bond acceptors (Lipinski definition) is 2. The van der Waals surface area contributed by atoms with Gasteiger partial charge in [0.05, 0.1) is 12.0 Å². The van der Waals surface area contributed by atoms with Crippen molar-refractivity contribution in [2.45, 2.75) is 25.8 Å². The van der Waals surface area contributed by atoms with Crippen LogP contribution in [0.3, 0.4) is 0 Å². The van der Waals surface area contributed by atoms with Crippen LogP contribution in [0.25, 0.3) is 0 Å². The maximum atomic E-state index is 11.9. The molecule has 1 aromatic carbocycles. The summed E-state index contributed by atoms with van der Waals surface area (Å²) < 4.78 is 0. The summed E-state index contributed by atoms with van der Waals surface area (Å²) in [6.45, 7) is 2.33. The number of carbonyl (C=O) groups is 2. The molecule has 1 aliphatic rings. The molecule has 1 unspecified atom stereocenters. The zero-order valence-corrected chi connectivity index (χ0v) is 10.4. The lowest BCUT2D eigenvalue weighted by molar-refractivity contribution is -0.141. The maximum Gasteiger partial charge on any atom is 0.308 e. The predicted molar refractivity (Wildman–Crippen MR) is 66.9 cm³/mol. The fourth-order valence-corrected chi connectivity index (χ4v) is 2.51. The number of likely N-dealkylation sites (tertiary alicyclic amines) is 1.